The van der Waals surface area contributed by atoms with Crippen LogP contribution in [0.5, 0.6) is 0 Å². The summed E-state index contributed by atoms with van der Waals surface area (Å²) in [5.74, 6) is -0.0588. The number of hydrogen-bond acceptors (Lipinski definition) is 4. The van der Waals surface area contributed by atoms with E-state index in [1.807, 2.05) is 43.5 Å². The Kier molecular flexibility index (Phi) is 5.45. The van der Waals surface area contributed by atoms with Gasteiger partial charge in [0, 0.05) is 38.1 Å². The van der Waals surface area contributed by atoms with Gasteiger partial charge in [0.05, 0.1) is 17.3 Å². The number of aromatic nitrogens is 1. The summed E-state index contributed by atoms with van der Waals surface area (Å²) in [5, 5.41) is 6.85. The van der Waals surface area contributed by atoms with Crippen molar-refractivity contribution in [3.8, 4) is 0 Å². The van der Waals surface area contributed by atoms with Crippen LogP contribution in [0.3, 0.4) is 0 Å². The van der Waals surface area contributed by atoms with Gasteiger partial charge in [-0.3, -0.25) is 14.7 Å². The van der Waals surface area contributed by atoms with Gasteiger partial charge in [0.25, 0.3) is 0 Å². The molecule has 3 rings (SSSR count). The first-order valence-corrected chi connectivity index (χ1v) is 8.42. The molecule has 2 heterocycles. The van der Waals surface area contributed by atoms with Crippen molar-refractivity contribution in [2.24, 2.45) is 0 Å². The lowest BCUT2D eigenvalue weighted by atomic mass is 10.1. The molecule has 0 aliphatic carbocycles. The van der Waals surface area contributed by atoms with Crippen LogP contribution in [0.2, 0.25) is 5.02 Å². The minimum Gasteiger partial charge on any atom is -0.324 e. The van der Waals surface area contributed by atoms with Gasteiger partial charge in [-0.05, 0) is 36.2 Å². The van der Waals surface area contributed by atoms with Crippen molar-refractivity contribution in [1.29, 1.82) is 0 Å². The van der Waals surface area contributed by atoms with Crippen molar-refractivity contribution < 1.29 is 4.79 Å². The maximum Gasteiger partial charge on any atom is 0.238 e. The van der Waals surface area contributed by atoms with Gasteiger partial charge in [0.1, 0.15) is 0 Å². The molecule has 1 fully saturated rings. The lowest BCUT2D eigenvalue weighted by Crippen LogP contribution is -2.48. The molecule has 24 heavy (non-hydrogen) atoms. The van der Waals surface area contributed by atoms with Crippen molar-refractivity contribution in [1.82, 2.24) is 15.2 Å². The molecule has 2 aromatic rings. The van der Waals surface area contributed by atoms with Gasteiger partial charge < -0.3 is 10.6 Å². The van der Waals surface area contributed by atoms with Gasteiger partial charge in [-0.1, -0.05) is 23.7 Å². The van der Waals surface area contributed by atoms with Crippen LogP contribution in [0.15, 0.2) is 42.7 Å². The Morgan fingerprint density at radius 3 is 3.08 bits per heavy atom. The number of halogens is 1. The zero-order valence-corrected chi connectivity index (χ0v) is 14.4. The van der Waals surface area contributed by atoms with E-state index in [1.54, 1.807) is 6.20 Å². The Balaban J connectivity index is 1.67. The van der Waals surface area contributed by atoms with Gasteiger partial charge in [0.15, 0.2) is 0 Å². The smallest absolute Gasteiger partial charge is 0.238 e. The number of nitrogens with one attached hydrogen (secondary N) is 2. The first-order valence-electron chi connectivity index (χ1n) is 8.04. The predicted molar refractivity (Wildman–Crippen MR) is 96.2 cm³/mol. The normalized spacial score (nSPS) is 18.3. The molecule has 1 aromatic heterocycles. The van der Waals surface area contributed by atoms with Crippen LogP contribution < -0.4 is 10.6 Å². The molecular formula is C18H21ClN4O. The summed E-state index contributed by atoms with van der Waals surface area (Å²) in [6.07, 6.45) is 3.62. The van der Waals surface area contributed by atoms with Gasteiger partial charge in [-0.15, -0.1) is 0 Å². The highest BCUT2D eigenvalue weighted by Crippen LogP contribution is 2.24. The molecule has 1 atom stereocenters. The summed E-state index contributed by atoms with van der Waals surface area (Å²) in [5.41, 5.74) is 2.84. The average molecular weight is 345 g/mol. The highest BCUT2D eigenvalue weighted by Gasteiger charge is 2.25. The van der Waals surface area contributed by atoms with E-state index in [9.17, 15) is 4.79 Å². The highest BCUT2D eigenvalue weighted by molar-refractivity contribution is 6.33. The zero-order valence-electron chi connectivity index (χ0n) is 13.6. The lowest BCUT2D eigenvalue weighted by Gasteiger charge is -2.35. The number of piperazine rings is 1. The topological polar surface area (TPSA) is 57.3 Å². The zero-order chi connectivity index (χ0) is 16.9. The second kappa shape index (κ2) is 7.75. The number of benzene rings is 1. The Morgan fingerprint density at radius 1 is 1.46 bits per heavy atom. The van der Waals surface area contributed by atoms with Gasteiger partial charge in [-0.2, -0.15) is 0 Å². The second-order valence-electron chi connectivity index (χ2n) is 6.01. The summed E-state index contributed by atoms with van der Waals surface area (Å²) < 4.78 is 0. The van der Waals surface area contributed by atoms with Crippen LogP contribution in [-0.4, -0.2) is 42.0 Å². The monoisotopic (exact) mass is 344 g/mol. The van der Waals surface area contributed by atoms with E-state index < -0.39 is 0 Å². The SMILES string of the molecule is Cc1ccc(NC(=O)CN2CCNCC2c2cccnc2)c(Cl)c1. The number of rotatable bonds is 4. The number of nitrogens with zero attached hydrogens (tertiary/aromatic N) is 2. The number of hydrogen-bond donors (Lipinski definition) is 2. The van der Waals surface area contributed by atoms with Gasteiger partial charge >= 0.3 is 0 Å². The molecule has 1 aliphatic heterocycles. The molecule has 0 saturated carbocycles. The van der Waals surface area contributed by atoms with E-state index in [0.717, 1.165) is 30.8 Å². The summed E-state index contributed by atoms with van der Waals surface area (Å²) in [6, 6.07) is 9.74. The Bertz CT molecular complexity index is 707. The second-order valence-corrected chi connectivity index (χ2v) is 6.42. The fraction of sp³-hybridized carbons (Fsp3) is 0.333. The number of pyridine rings is 1. The largest absolute Gasteiger partial charge is 0.324 e. The van der Waals surface area contributed by atoms with E-state index in [1.165, 1.54) is 0 Å². The van der Waals surface area contributed by atoms with Crippen LogP contribution in [0.1, 0.15) is 17.2 Å². The van der Waals surface area contributed by atoms with Crippen LogP contribution >= 0.6 is 11.6 Å². The first kappa shape index (κ1) is 16.9. The standard InChI is InChI=1S/C18H21ClN4O/c1-13-4-5-16(15(19)9-13)22-18(24)12-23-8-7-21-11-17(23)14-3-2-6-20-10-14/h2-6,9-10,17,21H,7-8,11-12H2,1H3,(H,22,24). The van der Waals surface area contributed by atoms with Gasteiger partial charge in [-0.25, -0.2) is 0 Å². The average Bonchev–Trinajstić information content (AvgIpc) is 2.59. The maximum atomic E-state index is 12.4. The van der Waals surface area contributed by atoms with Crippen molar-refractivity contribution in [2.75, 3.05) is 31.5 Å². The fourth-order valence-electron chi connectivity index (χ4n) is 2.93. The predicted octanol–water partition coefficient (Wildman–Crippen LogP) is 2.63. The molecule has 1 amide bonds. The number of anilines is 1. The minimum atomic E-state index is -0.0588. The van der Waals surface area contributed by atoms with Crippen molar-refractivity contribution in [3.05, 3.63) is 58.9 Å². The molecule has 1 aliphatic rings. The van der Waals surface area contributed by atoms with E-state index >= 15 is 0 Å². The molecule has 2 N–H and O–H groups in total. The number of amides is 1. The molecule has 5 nitrogen and oxygen atoms in total. The summed E-state index contributed by atoms with van der Waals surface area (Å²) in [4.78, 5) is 18.8. The Hall–Kier alpha value is -1.95. The minimum absolute atomic E-state index is 0.0588. The molecule has 1 saturated heterocycles. The highest BCUT2D eigenvalue weighted by atomic mass is 35.5. The fourth-order valence-corrected chi connectivity index (χ4v) is 3.22. The first-order chi connectivity index (χ1) is 11.6. The van der Waals surface area contributed by atoms with Gasteiger partial charge in [0.2, 0.25) is 5.91 Å². The molecular weight excluding hydrogens is 324 g/mol. The number of carbonyl (C=O) groups excluding carboxylic acids is 1. The third-order valence-electron chi connectivity index (χ3n) is 4.17. The molecule has 1 unspecified atom stereocenters. The van der Waals surface area contributed by atoms with E-state index in [2.05, 4.69) is 20.5 Å². The molecule has 126 valence electrons. The number of aryl methyl sites for hydroxylation is 1. The molecule has 0 spiro atoms. The van der Waals surface area contributed by atoms with E-state index in [-0.39, 0.29) is 11.9 Å². The molecule has 0 bridgehead atoms. The van der Waals surface area contributed by atoms with Crippen molar-refractivity contribution in [3.63, 3.8) is 0 Å². The van der Waals surface area contributed by atoms with Crippen molar-refractivity contribution >= 4 is 23.2 Å². The molecule has 6 heteroatoms. The summed E-state index contributed by atoms with van der Waals surface area (Å²) in [6.45, 7) is 4.79. The Labute approximate surface area is 147 Å². The van der Waals surface area contributed by atoms with E-state index in [0.29, 0.717) is 17.3 Å². The van der Waals surface area contributed by atoms with Crippen LogP contribution in [-0.2, 0) is 4.79 Å². The third-order valence-corrected chi connectivity index (χ3v) is 4.48. The third kappa shape index (κ3) is 4.12. The van der Waals surface area contributed by atoms with Crippen LogP contribution in [0.25, 0.3) is 0 Å². The maximum absolute atomic E-state index is 12.4. The van der Waals surface area contributed by atoms with Crippen LogP contribution in [0, 0.1) is 6.92 Å². The van der Waals surface area contributed by atoms with E-state index in [4.69, 9.17) is 11.6 Å². The lowest BCUT2D eigenvalue weighted by molar-refractivity contribution is -0.118. The quantitative estimate of drug-likeness (QED) is 0.895. The van der Waals surface area contributed by atoms with Crippen LogP contribution in [0.4, 0.5) is 5.69 Å². The van der Waals surface area contributed by atoms with Crippen molar-refractivity contribution in [2.45, 2.75) is 13.0 Å². The summed E-state index contributed by atoms with van der Waals surface area (Å²) in [7, 11) is 0. The number of carbonyl (C=O) groups is 1. The molecule has 1 aromatic carbocycles. The molecule has 0 radical (unpaired) electrons. The Morgan fingerprint density at radius 2 is 2.33 bits per heavy atom. The summed E-state index contributed by atoms with van der Waals surface area (Å²) >= 11 is 6.19.